The number of nitro groups is 1. The lowest BCUT2D eigenvalue weighted by Gasteiger charge is -2.09. The standard InChI is InChI=1S/C12H12N4O4/c1-7-11(13)14-6-15-12(7)20-10-4-3-8(19-2)5-9(10)16(17)18/h3-6H,1-2H3,(H2,13,14,15). The summed E-state index contributed by atoms with van der Waals surface area (Å²) in [4.78, 5) is 18.2. The van der Waals surface area contributed by atoms with Gasteiger partial charge in [0.05, 0.1) is 23.7 Å². The van der Waals surface area contributed by atoms with E-state index in [4.69, 9.17) is 15.2 Å². The van der Waals surface area contributed by atoms with Gasteiger partial charge in [0.2, 0.25) is 11.6 Å². The van der Waals surface area contributed by atoms with Gasteiger partial charge in [0.25, 0.3) is 0 Å². The van der Waals surface area contributed by atoms with E-state index in [1.165, 1.54) is 25.6 Å². The maximum Gasteiger partial charge on any atom is 0.315 e. The predicted molar refractivity (Wildman–Crippen MR) is 70.9 cm³/mol. The van der Waals surface area contributed by atoms with Gasteiger partial charge in [-0.3, -0.25) is 10.1 Å². The first kappa shape index (κ1) is 13.5. The third-order valence-electron chi connectivity index (χ3n) is 2.65. The molecule has 2 rings (SSSR count). The summed E-state index contributed by atoms with van der Waals surface area (Å²) >= 11 is 0. The number of nitrogens with zero attached hydrogens (tertiary/aromatic N) is 3. The van der Waals surface area contributed by atoms with Crippen LogP contribution in [0.5, 0.6) is 17.4 Å². The predicted octanol–water partition coefficient (Wildman–Crippen LogP) is 2.08. The Morgan fingerprint density at radius 1 is 1.35 bits per heavy atom. The molecule has 0 atom stereocenters. The smallest absolute Gasteiger partial charge is 0.315 e. The fourth-order valence-electron chi connectivity index (χ4n) is 1.51. The van der Waals surface area contributed by atoms with Gasteiger partial charge >= 0.3 is 5.69 Å². The van der Waals surface area contributed by atoms with Gasteiger partial charge < -0.3 is 15.2 Å². The highest BCUT2D eigenvalue weighted by atomic mass is 16.6. The van der Waals surface area contributed by atoms with Gasteiger partial charge in [0.1, 0.15) is 17.9 Å². The second-order valence-electron chi connectivity index (χ2n) is 3.88. The van der Waals surface area contributed by atoms with Crippen molar-refractivity contribution in [3.8, 4) is 17.4 Å². The zero-order valence-corrected chi connectivity index (χ0v) is 10.9. The first-order valence-electron chi connectivity index (χ1n) is 5.60. The summed E-state index contributed by atoms with van der Waals surface area (Å²) < 4.78 is 10.4. The molecule has 0 aliphatic heterocycles. The number of nitro benzene ring substituents is 1. The number of ether oxygens (including phenoxy) is 2. The first-order chi connectivity index (χ1) is 9.52. The fourth-order valence-corrected chi connectivity index (χ4v) is 1.51. The molecule has 0 fully saturated rings. The molecule has 2 N–H and O–H groups in total. The Kier molecular flexibility index (Phi) is 3.65. The van der Waals surface area contributed by atoms with Crippen molar-refractivity contribution in [2.24, 2.45) is 0 Å². The van der Waals surface area contributed by atoms with Crippen LogP contribution in [0.2, 0.25) is 0 Å². The number of methoxy groups -OCH3 is 1. The zero-order chi connectivity index (χ0) is 14.7. The van der Waals surface area contributed by atoms with Crippen molar-refractivity contribution in [1.29, 1.82) is 0 Å². The molecule has 0 radical (unpaired) electrons. The van der Waals surface area contributed by atoms with Crippen LogP contribution >= 0.6 is 0 Å². The second kappa shape index (κ2) is 5.39. The van der Waals surface area contributed by atoms with Crippen molar-refractivity contribution in [2.75, 3.05) is 12.8 Å². The van der Waals surface area contributed by atoms with E-state index >= 15 is 0 Å². The van der Waals surface area contributed by atoms with Crippen molar-refractivity contribution in [2.45, 2.75) is 6.92 Å². The van der Waals surface area contributed by atoms with Crippen LogP contribution in [0.15, 0.2) is 24.5 Å². The van der Waals surface area contributed by atoms with Crippen LogP contribution in [0.1, 0.15) is 5.56 Å². The molecule has 2 aromatic rings. The topological polar surface area (TPSA) is 113 Å². The lowest BCUT2D eigenvalue weighted by atomic mass is 10.2. The Labute approximate surface area is 114 Å². The van der Waals surface area contributed by atoms with Crippen LogP contribution in [-0.4, -0.2) is 22.0 Å². The van der Waals surface area contributed by atoms with E-state index in [0.29, 0.717) is 11.3 Å². The third-order valence-corrected chi connectivity index (χ3v) is 2.65. The van der Waals surface area contributed by atoms with Gasteiger partial charge in [-0.05, 0) is 19.1 Å². The summed E-state index contributed by atoms with van der Waals surface area (Å²) in [6.07, 6.45) is 1.23. The average Bonchev–Trinajstić information content (AvgIpc) is 2.44. The molecule has 0 saturated heterocycles. The second-order valence-corrected chi connectivity index (χ2v) is 3.88. The van der Waals surface area contributed by atoms with Gasteiger partial charge in [0.15, 0.2) is 0 Å². The van der Waals surface area contributed by atoms with Crippen LogP contribution in [0.3, 0.4) is 0 Å². The summed E-state index contributed by atoms with van der Waals surface area (Å²) in [5.74, 6) is 0.844. The zero-order valence-electron chi connectivity index (χ0n) is 10.9. The molecule has 0 amide bonds. The quantitative estimate of drug-likeness (QED) is 0.671. The summed E-state index contributed by atoms with van der Waals surface area (Å²) in [6.45, 7) is 1.67. The van der Waals surface area contributed by atoms with Gasteiger partial charge in [-0.1, -0.05) is 0 Å². The lowest BCUT2D eigenvalue weighted by molar-refractivity contribution is -0.385. The molecule has 0 aliphatic rings. The number of hydrogen-bond acceptors (Lipinski definition) is 7. The number of rotatable bonds is 4. The molecule has 0 bridgehead atoms. The molecular formula is C12H12N4O4. The van der Waals surface area contributed by atoms with Crippen molar-refractivity contribution in [3.05, 3.63) is 40.2 Å². The summed E-state index contributed by atoms with van der Waals surface area (Å²) in [5, 5.41) is 11.0. The van der Waals surface area contributed by atoms with Crippen LogP contribution in [0.25, 0.3) is 0 Å². The Morgan fingerprint density at radius 2 is 2.10 bits per heavy atom. The number of hydrogen-bond donors (Lipinski definition) is 1. The molecule has 8 heteroatoms. The Bertz CT molecular complexity index is 660. The van der Waals surface area contributed by atoms with Crippen molar-refractivity contribution in [1.82, 2.24) is 9.97 Å². The van der Waals surface area contributed by atoms with Crippen molar-refractivity contribution < 1.29 is 14.4 Å². The molecule has 104 valence electrons. The van der Waals surface area contributed by atoms with Gasteiger partial charge in [-0.2, -0.15) is 0 Å². The number of anilines is 1. The number of nitrogen functional groups attached to an aromatic ring is 1. The number of benzene rings is 1. The molecule has 0 saturated carbocycles. The monoisotopic (exact) mass is 276 g/mol. The SMILES string of the molecule is COc1ccc(Oc2ncnc(N)c2C)c([N+](=O)[O-])c1. The maximum absolute atomic E-state index is 11.0. The molecule has 0 aliphatic carbocycles. The normalized spacial score (nSPS) is 10.1. The van der Waals surface area contributed by atoms with Crippen molar-refractivity contribution in [3.63, 3.8) is 0 Å². The molecule has 1 aromatic carbocycles. The van der Waals surface area contributed by atoms with Crippen LogP contribution in [0, 0.1) is 17.0 Å². The lowest BCUT2D eigenvalue weighted by Crippen LogP contribution is -2.00. The van der Waals surface area contributed by atoms with E-state index < -0.39 is 4.92 Å². The highest BCUT2D eigenvalue weighted by molar-refractivity contribution is 5.53. The number of nitrogens with two attached hydrogens (primary N) is 1. The summed E-state index contributed by atoms with van der Waals surface area (Å²) in [5.41, 5.74) is 5.92. The van der Waals surface area contributed by atoms with Crippen LogP contribution in [-0.2, 0) is 0 Å². The summed E-state index contributed by atoms with van der Waals surface area (Å²) in [7, 11) is 1.43. The van der Waals surface area contributed by atoms with Gasteiger partial charge in [-0.25, -0.2) is 9.97 Å². The van der Waals surface area contributed by atoms with Crippen LogP contribution < -0.4 is 15.2 Å². The molecule has 8 nitrogen and oxygen atoms in total. The highest BCUT2D eigenvalue weighted by Gasteiger charge is 2.19. The maximum atomic E-state index is 11.0. The van der Waals surface area contributed by atoms with E-state index in [0.717, 1.165) is 0 Å². The van der Waals surface area contributed by atoms with Crippen molar-refractivity contribution >= 4 is 11.5 Å². The fraction of sp³-hybridized carbons (Fsp3) is 0.167. The molecule has 1 heterocycles. The van der Waals surface area contributed by atoms with E-state index in [1.807, 2.05) is 0 Å². The van der Waals surface area contributed by atoms with Crippen LogP contribution in [0.4, 0.5) is 11.5 Å². The minimum absolute atomic E-state index is 0.0528. The summed E-state index contributed by atoms with van der Waals surface area (Å²) in [6, 6.07) is 4.27. The molecule has 0 spiro atoms. The Balaban J connectivity index is 2.43. The number of aromatic nitrogens is 2. The minimum atomic E-state index is -0.558. The molecule has 1 aromatic heterocycles. The molecular weight excluding hydrogens is 264 g/mol. The molecule has 0 unspecified atom stereocenters. The minimum Gasteiger partial charge on any atom is -0.496 e. The van der Waals surface area contributed by atoms with E-state index in [2.05, 4.69) is 9.97 Å². The largest absolute Gasteiger partial charge is 0.496 e. The average molecular weight is 276 g/mol. The molecule has 20 heavy (non-hydrogen) atoms. The highest BCUT2D eigenvalue weighted by Crippen LogP contribution is 2.35. The van der Waals surface area contributed by atoms with Gasteiger partial charge in [-0.15, -0.1) is 0 Å². The first-order valence-corrected chi connectivity index (χ1v) is 5.60. The Morgan fingerprint density at radius 3 is 2.75 bits per heavy atom. The van der Waals surface area contributed by atoms with Gasteiger partial charge in [0, 0.05) is 0 Å². The third kappa shape index (κ3) is 2.58. The van der Waals surface area contributed by atoms with E-state index in [9.17, 15) is 10.1 Å². The van der Waals surface area contributed by atoms with E-state index in [-0.39, 0.29) is 23.1 Å². The van der Waals surface area contributed by atoms with E-state index in [1.54, 1.807) is 13.0 Å². The Hall–Kier alpha value is -2.90.